The molecule has 0 aromatic heterocycles. The van der Waals surface area contributed by atoms with E-state index in [1.54, 1.807) is 0 Å². The Bertz CT molecular complexity index is 569. The SMILES string of the molecule is CCCNC(c1ccc(Br)cc1)c1cc(Br)ccc1I. The molecule has 0 aliphatic carbocycles. The second-order valence-corrected chi connectivity index (χ2v) is 7.60. The predicted molar refractivity (Wildman–Crippen MR) is 101 cm³/mol. The fraction of sp³-hybridized carbons (Fsp3) is 0.250. The Kier molecular flexibility index (Phi) is 6.52. The third-order valence-electron chi connectivity index (χ3n) is 3.07. The highest BCUT2D eigenvalue weighted by Gasteiger charge is 2.16. The molecule has 1 unspecified atom stereocenters. The van der Waals surface area contributed by atoms with Gasteiger partial charge in [-0.1, -0.05) is 50.9 Å². The van der Waals surface area contributed by atoms with E-state index in [0.29, 0.717) is 0 Å². The topological polar surface area (TPSA) is 12.0 Å². The van der Waals surface area contributed by atoms with Crippen LogP contribution in [0.4, 0.5) is 0 Å². The van der Waals surface area contributed by atoms with Crippen LogP contribution in [0, 0.1) is 3.57 Å². The van der Waals surface area contributed by atoms with Gasteiger partial charge in [0.05, 0.1) is 6.04 Å². The molecule has 2 aromatic rings. The van der Waals surface area contributed by atoms with Gasteiger partial charge >= 0.3 is 0 Å². The maximum Gasteiger partial charge on any atom is 0.0587 e. The van der Waals surface area contributed by atoms with Crippen LogP contribution in [0.1, 0.15) is 30.5 Å². The van der Waals surface area contributed by atoms with E-state index in [2.05, 4.69) is 109 Å². The van der Waals surface area contributed by atoms with E-state index < -0.39 is 0 Å². The van der Waals surface area contributed by atoms with E-state index in [0.717, 1.165) is 21.9 Å². The summed E-state index contributed by atoms with van der Waals surface area (Å²) in [6, 6.07) is 15.2. The summed E-state index contributed by atoms with van der Waals surface area (Å²) in [5, 5.41) is 3.65. The summed E-state index contributed by atoms with van der Waals surface area (Å²) in [4.78, 5) is 0. The number of halogens is 3. The molecule has 0 heterocycles. The summed E-state index contributed by atoms with van der Waals surface area (Å²) in [6.07, 6.45) is 1.12. The smallest absolute Gasteiger partial charge is 0.0587 e. The Labute approximate surface area is 150 Å². The molecule has 1 N–H and O–H groups in total. The summed E-state index contributed by atoms with van der Waals surface area (Å²) in [6.45, 7) is 3.20. The lowest BCUT2D eigenvalue weighted by molar-refractivity contribution is 0.596. The van der Waals surface area contributed by atoms with E-state index in [9.17, 15) is 0 Å². The molecule has 0 fully saturated rings. The highest BCUT2D eigenvalue weighted by Crippen LogP contribution is 2.29. The summed E-state index contributed by atoms with van der Waals surface area (Å²) < 4.78 is 3.51. The van der Waals surface area contributed by atoms with Gasteiger partial charge in [-0.2, -0.15) is 0 Å². The monoisotopic (exact) mass is 507 g/mol. The molecule has 0 saturated carbocycles. The van der Waals surface area contributed by atoms with Crippen LogP contribution in [0.3, 0.4) is 0 Å². The van der Waals surface area contributed by atoms with E-state index >= 15 is 0 Å². The van der Waals surface area contributed by atoms with Gasteiger partial charge < -0.3 is 5.32 Å². The van der Waals surface area contributed by atoms with Crippen molar-refractivity contribution in [1.29, 1.82) is 0 Å². The average molecular weight is 509 g/mol. The molecule has 0 saturated heterocycles. The highest BCUT2D eigenvalue weighted by molar-refractivity contribution is 14.1. The number of rotatable bonds is 5. The van der Waals surface area contributed by atoms with Crippen LogP contribution in [0.15, 0.2) is 51.4 Å². The van der Waals surface area contributed by atoms with Gasteiger partial charge in [-0.25, -0.2) is 0 Å². The normalized spacial score (nSPS) is 12.4. The van der Waals surface area contributed by atoms with Crippen LogP contribution in [-0.2, 0) is 0 Å². The lowest BCUT2D eigenvalue weighted by Crippen LogP contribution is -2.24. The molecule has 1 nitrogen and oxygen atoms in total. The minimum absolute atomic E-state index is 0.229. The molecular weight excluding hydrogens is 493 g/mol. The lowest BCUT2D eigenvalue weighted by Gasteiger charge is -2.21. The number of hydrogen-bond acceptors (Lipinski definition) is 1. The van der Waals surface area contributed by atoms with Crippen molar-refractivity contribution < 1.29 is 0 Å². The van der Waals surface area contributed by atoms with Crippen LogP contribution in [0.5, 0.6) is 0 Å². The van der Waals surface area contributed by atoms with E-state index in [4.69, 9.17) is 0 Å². The zero-order valence-electron chi connectivity index (χ0n) is 11.2. The van der Waals surface area contributed by atoms with E-state index in [1.165, 1.54) is 14.7 Å². The molecule has 0 aliphatic rings. The Morgan fingerprint density at radius 1 is 1.05 bits per heavy atom. The lowest BCUT2D eigenvalue weighted by atomic mass is 9.98. The number of hydrogen-bond donors (Lipinski definition) is 1. The largest absolute Gasteiger partial charge is 0.306 e. The summed E-state index contributed by atoms with van der Waals surface area (Å²) in [5.74, 6) is 0. The summed E-state index contributed by atoms with van der Waals surface area (Å²) in [7, 11) is 0. The first-order chi connectivity index (χ1) is 9.61. The first-order valence-corrected chi connectivity index (χ1v) is 9.22. The van der Waals surface area contributed by atoms with Crippen molar-refractivity contribution in [2.75, 3.05) is 6.54 Å². The van der Waals surface area contributed by atoms with Crippen LogP contribution < -0.4 is 5.32 Å². The standard InChI is InChI=1S/C16H16Br2IN/c1-2-9-20-16(11-3-5-12(17)6-4-11)14-10-13(18)7-8-15(14)19/h3-8,10,16,20H,2,9H2,1H3. The average Bonchev–Trinajstić information content (AvgIpc) is 2.44. The second-order valence-electron chi connectivity index (χ2n) is 4.60. The van der Waals surface area contributed by atoms with Crippen LogP contribution in [0.25, 0.3) is 0 Å². The zero-order chi connectivity index (χ0) is 14.5. The third-order valence-corrected chi connectivity index (χ3v) is 5.08. The predicted octanol–water partition coefficient (Wildman–Crippen LogP) is 5.91. The van der Waals surface area contributed by atoms with Gasteiger partial charge in [0.15, 0.2) is 0 Å². The maximum atomic E-state index is 3.65. The molecule has 20 heavy (non-hydrogen) atoms. The molecule has 0 bridgehead atoms. The fourth-order valence-corrected chi connectivity index (χ4v) is 3.38. The first kappa shape index (κ1) is 16.5. The first-order valence-electron chi connectivity index (χ1n) is 6.55. The molecular formula is C16H16Br2IN. The molecule has 2 rings (SSSR count). The Morgan fingerprint density at radius 3 is 2.35 bits per heavy atom. The minimum Gasteiger partial charge on any atom is -0.306 e. The molecule has 0 amide bonds. The molecule has 106 valence electrons. The molecule has 0 spiro atoms. The van der Waals surface area contributed by atoms with Gasteiger partial charge in [0.1, 0.15) is 0 Å². The van der Waals surface area contributed by atoms with Crippen molar-refractivity contribution >= 4 is 54.5 Å². The van der Waals surface area contributed by atoms with Crippen molar-refractivity contribution in [2.24, 2.45) is 0 Å². The maximum absolute atomic E-state index is 3.65. The molecule has 0 aliphatic heterocycles. The van der Waals surface area contributed by atoms with Crippen LogP contribution >= 0.6 is 54.5 Å². The second kappa shape index (κ2) is 7.92. The van der Waals surface area contributed by atoms with Gasteiger partial charge in [-0.3, -0.25) is 0 Å². The zero-order valence-corrected chi connectivity index (χ0v) is 16.5. The van der Waals surface area contributed by atoms with Crippen molar-refractivity contribution in [3.05, 3.63) is 66.1 Å². The number of benzene rings is 2. The van der Waals surface area contributed by atoms with Gasteiger partial charge in [-0.15, -0.1) is 0 Å². The quantitative estimate of drug-likeness (QED) is 0.495. The van der Waals surface area contributed by atoms with Crippen LogP contribution in [-0.4, -0.2) is 6.54 Å². The van der Waals surface area contributed by atoms with Crippen molar-refractivity contribution in [3.8, 4) is 0 Å². The van der Waals surface area contributed by atoms with Gasteiger partial charge in [-0.05, 0) is 77.0 Å². The number of nitrogens with one attached hydrogen (secondary N) is 1. The van der Waals surface area contributed by atoms with E-state index in [-0.39, 0.29) is 6.04 Å². The Morgan fingerprint density at radius 2 is 1.70 bits per heavy atom. The highest BCUT2D eigenvalue weighted by atomic mass is 127. The van der Waals surface area contributed by atoms with Crippen LogP contribution in [0.2, 0.25) is 0 Å². The Balaban J connectivity index is 2.41. The molecule has 0 radical (unpaired) electrons. The van der Waals surface area contributed by atoms with Crippen molar-refractivity contribution in [1.82, 2.24) is 5.32 Å². The third kappa shape index (κ3) is 4.29. The summed E-state index contributed by atoms with van der Waals surface area (Å²) >= 11 is 9.49. The molecule has 2 aromatic carbocycles. The van der Waals surface area contributed by atoms with Gasteiger partial charge in [0.25, 0.3) is 0 Å². The minimum atomic E-state index is 0.229. The van der Waals surface area contributed by atoms with Crippen molar-refractivity contribution in [2.45, 2.75) is 19.4 Å². The fourth-order valence-electron chi connectivity index (χ4n) is 2.09. The summed E-state index contributed by atoms with van der Waals surface area (Å²) in [5.41, 5.74) is 2.61. The molecule has 4 heteroatoms. The van der Waals surface area contributed by atoms with E-state index in [1.807, 2.05) is 0 Å². The Hall–Kier alpha value is 0.0900. The molecule has 1 atom stereocenters. The van der Waals surface area contributed by atoms with Crippen molar-refractivity contribution in [3.63, 3.8) is 0 Å². The van der Waals surface area contributed by atoms with Gasteiger partial charge in [0, 0.05) is 12.5 Å². The van der Waals surface area contributed by atoms with Gasteiger partial charge in [0.2, 0.25) is 0 Å².